The predicted octanol–water partition coefficient (Wildman–Crippen LogP) is 3.77. The zero-order valence-electron chi connectivity index (χ0n) is 18.5. The highest BCUT2D eigenvalue weighted by Gasteiger charge is 2.53. The lowest BCUT2D eigenvalue weighted by Crippen LogP contribution is -2.45. The van der Waals surface area contributed by atoms with Crippen LogP contribution in [0.4, 0.5) is 4.79 Å². The van der Waals surface area contributed by atoms with Crippen LogP contribution in [0.3, 0.4) is 0 Å². The zero-order chi connectivity index (χ0) is 23.0. The number of benzene rings is 2. The molecule has 2 amide bonds. The summed E-state index contributed by atoms with van der Waals surface area (Å²) in [5.41, 5.74) is 4.03. The van der Waals surface area contributed by atoms with Crippen molar-refractivity contribution in [2.24, 2.45) is 5.41 Å². The number of alkyl carbamates (subject to hydrolysis) is 1. The fraction of sp³-hybridized carbons (Fsp3) is 0.423. The fourth-order valence-electron chi connectivity index (χ4n) is 5.33. The second-order valence-corrected chi connectivity index (χ2v) is 9.35. The number of hydrogen-bond donors (Lipinski definition) is 2. The van der Waals surface area contributed by atoms with Gasteiger partial charge in [0.1, 0.15) is 6.61 Å². The molecule has 2 fully saturated rings. The first-order valence-corrected chi connectivity index (χ1v) is 11.6. The van der Waals surface area contributed by atoms with E-state index in [9.17, 15) is 14.4 Å². The number of rotatable bonds is 7. The van der Waals surface area contributed by atoms with Gasteiger partial charge in [0, 0.05) is 25.0 Å². The monoisotopic (exact) mass is 448 g/mol. The number of amides is 2. The third kappa shape index (κ3) is 4.08. The van der Waals surface area contributed by atoms with Crippen molar-refractivity contribution in [3.8, 4) is 11.1 Å². The largest absolute Gasteiger partial charge is 0.481 e. The summed E-state index contributed by atoms with van der Waals surface area (Å²) in [4.78, 5) is 38.5. The Bertz CT molecular complexity index is 1050. The molecule has 172 valence electrons. The van der Waals surface area contributed by atoms with Crippen molar-refractivity contribution in [3.05, 3.63) is 59.7 Å². The summed E-state index contributed by atoms with van der Waals surface area (Å²) in [6.45, 7) is 1.04. The van der Waals surface area contributed by atoms with E-state index >= 15 is 0 Å². The summed E-state index contributed by atoms with van der Waals surface area (Å²) >= 11 is 0. The number of carboxylic acid groups (broad SMARTS) is 1. The van der Waals surface area contributed by atoms with Gasteiger partial charge in [0.05, 0.1) is 11.8 Å². The standard InChI is InChI=1S/C26H28N2O5/c29-23(30)14-17-6-5-13-28(17)24(31)26(11-12-26)16-27-25(32)33-15-22-20-9-3-1-7-18(20)19-8-2-4-10-21(19)22/h1-4,7-10,17,22H,5-6,11-16H2,(H,27,32)(H,29,30)/t17-/m1/s1. The van der Waals surface area contributed by atoms with Crippen molar-refractivity contribution in [1.82, 2.24) is 10.2 Å². The number of fused-ring (bicyclic) bond motifs is 3. The van der Waals surface area contributed by atoms with Gasteiger partial charge in [-0.25, -0.2) is 4.79 Å². The Hall–Kier alpha value is -3.35. The lowest BCUT2D eigenvalue weighted by molar-refractivity contribution is -0.141. The van der Waals surface area contributed by atoms with Gasteiger partial charge >= 0.3 is 12.1 Å². The molecular weight excluding hydrogens is 420 g/mol. The molecule has 1 saturated carbocycles. The molecule has 33 heavy (non-hydrogen) atoms. The van der Waals surface area contributed by atoms with Gasteiger partial charge in [-0.1, -0.05) is 48.5 Å². The van der Waals surface area contributed by atoms with Crippen LogP contribution in [0.15, 0.2) is 48.5 Å². The van der Waals surface area contributed by atoms with E-state index in [1.165, 1.54) is 11.1 Å². The van der Waals surface area contributed by atoms with E-state index in [1.807, 2.05) is 24.3 Å². The van der Waals surface area contributed by atoms with E-state index in [0.717, 1.165) is 17.5 Å². The molecule has 0 aromatic heterocycles. The molecule has 5 rings (SSSR count). The number of nitrogens with zero attached hydrogens (tertiary/aromatic N) is 1. The zero-order valence-corrected chi connectivity index (χ0v) is 18.5. The molecule has 3 aliphatic rings. The normalized spacial score (nSPS) is 20.1. The van der Waals surface area contributed by atoms with Gasteiger partial charge in [-0.15, -0.1) is 0 Å². The van der Waals surface area contributed by atoms with E-state index in [4.69, 9.17) is 9.84 Å². The van der Waals surface area contributed by atoms with Crippen LogP contribution in [0, 0.1) is 5.41 Å². The van der Waals surface area contributed by atoms with Crippen molar-refractivity contribution in [3.63, 3.8) is 0 Å². The molecule has 0 bridgehead atoms. The molecule has 7 heteroatoms. The van der Waals surface area contributed by atoms with E-state index in [0.29, 0.717) is 25.8 Å². The molecule has 0 spiro atoms. The van der Waals surface area contributed by atoms with Gasteiger partial charge in [0.15, 0.2) is 0 Å². The van der Waals surface area contributed by atoms with Crippen LogP contribution in [0.1, 0.15) is 49.1 Å². The predicted molar refractivity (Wildman–Crippen MR) is 122 cm³/mol. The minimum Gasteiger partial charge on any atom is -0.481 e. The third-order valence-corrected chi connectivity index (χ3v) is 7.27. The lowest BCUT2D eigenvalue weighted by Gasteiger charge is -2.28. The van der Waals surface area contributed by atoms with E-state index in [-0.39, 0.29) is 37.4 Å². The average Bonchev–Trinajstić information content (AvgIpc) is 3.37. The first-order valence-electron chi connectivity index (χ1n) is 11.6. The number of carboxylic acids is 1. The van der Waals surface area contributed by atoms with Gasteiger partial charge in [-0.05, 0) is 47.9 Å². The summed E-state index contributed by atoms with van der Waals surface area (Å²) < 4.78 is 5.59. The van der Waals surface area contributed by atoms with E-state index < -0.39 is 17.5 Å². The maximum Gasteiger partial charge on any atom is 0.407 e. The van der Waals surface area contributed by atoms with Gasteiger partial charge < -0.3 is 20.1 Å². The molecule has 1 saturated heterocycles. The Kier molecular flexibility index (Phi) is 5.56. The maximum atomic E-state index is 13.1. The van der Waals surface area contributed by atoms with Crippen molar-refractivity contribution in [2.75, 3.05) is 19.7 Å². The first kappa shape index (κ1) is 21.5. The molecule has 0 unspecified atom stereocenters. The maximum absolute atomic E-state index is 13.1. The van der Waals surface area contributed by atoms with Crippen LogP contribution in [0.25, 0.3) is 11.1 Å². The summed E-state index contributed by atoms with van der Waals surface area (Å²) in [6, 6.07) is 16.1. The second-order valence-electron chi connectivity index (χ2n) is 9.35. The van der Waals surface area contributed by atoms with Crippen LogP contribution in [-0.4, -0.2) is 53.7 Å². The Labute approximate surface area is 192 Å². The summed E-state index contributed by atoms with van der Waals surface area (Å²) in [7, 11) is 0. The number of ether oxygens (including phenoxy) is 1. The Balaban J connectivity index is 1.18. The summed E-state index contributed by atoms with van der Waals surface area (Å²) in [6.07, 6.45) is 2.38. The minimum absolute atomic E-state index is 0.0129. The highest BCUT2D eigenvalue weighted by molar-refractivity contribution is 5.87. The highest BCUT2D eigenvalue weighted by Crippen LogP contribution is 2.48. The first-order chi connectivity index (χ1) is 16.0. The number of hydrogen-bond acceptors (Lipinski definition) is 4. The topological polar surface area (TPSA) is 95.9 Å². The molecule has 1 heterocycles. The third-order valence-electron chi connectivity index (χ3n) is 7.27. The highest BCUT2D eigenvalue weighted by atomic mass is 16.5. The van der Waals surface area contributed by atoms with Gasteiger partial charge in [-0.2, -0.15) is 0 Å². The van der Waals surface area contributed by atoms with Crippen molar-refractivity contribution in [2.45, 2.75) is 44.1 Å². The molecule has 2 aliphatic carbocycles. The van der Waals surface area contributed by atoms with E-state index in [1.54, 1.807) is 4.90 Å². The number of carbonyl (C=O) groups excluding carboxylic acids is 2. The smallest absolute Gasteiger partial charge is 0.407 e. The van der Waals surface area contributed by atoms with Crippen LogP contribution >= 0.6 is 0 Å². The quantitative estimate of drug-likeness (QED) is 0.672. The summed E-state index contributed by atoms with van der Waals surface area (Å²) in [5, 5.41) is 11.9. The van der Waals surface area contributed by atoms with Crippen molar-refractivity contribution < 1.29 is 24.2 Å². The molecule has 1 aliphatic heterocycles. The van der Waals surface area contributed by atoms with Crippen LogP contribution in [0.2, 0.25) is 0 Å². The Morgan fingerprint density at radius 1 is 1.03 bits per heavy atom. The second kappa shape index (κ2) is 8.54. The van der Waals surface area contributed by atoms with E-state index in [2.05, 4.69) is 29.6 Å². The number of likely N-dealkylation sites (tertiary alicyclic amines) is 1. The molecule has 2 aromatic rings. The van der Waals surface area contributed by atoms with Gasteiger partial charge in [0.2, 0.25) is 5.91 Å². The van der Waals surface area contributed by atoms with Crippen LogP contribution in [0.5, 0.6) is 0 Å². The van der Waals surface area contributed by atoms with Gasteiger partial charge in [-0.3, -0.25) is 9.59 Å². The van der Waals surface area contributed by atoms with Crippen LogP contribution < -0.4 is 5.32 Å². The molecule has 7 nitrogen and oxygen atoms in total. The Morgan fingerprint density at radius 3 is 2.27 bits per heavy atom. The molecular formula is C26H28N2O5. The molecule has 0 radical (unpaired) electrons. The Morgan fingerprint density at radius 2 is 1.67 bits per heavy atom. The van der Waals surface area contributed by atoms with Crippen LogP contribution in [-0.2, 0) is 14.3 Å². The molecule has 1 atom stereocenters. The molecule has 2 N–H and O–H groups in total. The number of nitrogens with one attached hydrogen (secondary N) is 1. The minimum atomic E-state index is -0.888. The number of carbonyl (C=O) groups is 3. The van der Waals surface area contributed by atoms with Gasteiger partial charge in [0.25, 0.3) is 0 Å². The number of aliphatic carboxylic acids is 1. The van der Waals surface area contributed by atoms with Crippen molar-refractivity contribution in [1.29, 1.82) is 0 Å². The summed E-state index contributed by atoms with van der Waals surface area (Å²) in [5.74, 6) is -0.937. The fourth-order valence-corrected chi connectivity index (χ4v) is 5.33. The lowest BCUT2D eigenvalue weighted by atomic mass is 9.98. The molecule has 2 aromatic carbocycles. The average molecular weight is 449 g/mol. The SMILES string of the molecule is O=C(O)C[C@H]1CCCN1C(=O)C1(CNC(=O)OCC2c3ccccc3-c3ccccc32)CC1. The van der Waals surface area contributed by atoms with Crippen molar-refractivity contribution >= 4 is 18.0 Å².